The second kappa shape index (κ2) is 6.22. The van der Waals surface area contributed by atoms with Gasteiger partial charge in [-0.2, -0.15) is 0 Å². The molecule has 1 amide bonds. The first-order valence-corrected chi connectivity index (χ1v) is 8.72. The minimum atomic E-state index is 0.00914. The van der Waals surface area contributed by atoms with Gasteiger partial charge in [-0.25, -0.2) is 4.98 Å². The van der Waals surface area contributed by atoms with Crippen LogP contribution >= 0.6 is 34.7 Å². The highest BCUT2D eigenvalue weighted by Crippen LogP contribution is 2.31. The number of rotatable bonds is 2. The van der Waals surface area contributed by atoms with Crippen molar-refractivity contribution in [3.05, 3.63) is 56.0 Å². The van der Waals surface area contributed by atoms with Gasteiger partial charge in [-0.3, -0.25) is 4.79 Å². The van der Waals surface area contributed by atoms with Gasteiger partial charge >= 0.3 is 0 Å². The third kappa shape index (κ3) is 3.31. The van der Waals surface area contributed by atoms with E-state index in [-0.39, 0.29) is 5.91 Å². The minimum absolute atomic E-state index is 0.00914. The highest BCUT2D eigenvalue weighted by atomic mass is 35.5. The predicted molar refractivity (Wildman–Crippen MR) is 89.8 cm³/mol. The summed E-state index contributed by atoms with van der Waals surface area (Å²) in [4.78, 5) is 18.8. The first kappa shape index (κ1) is 14.6. The van der Waals surface area contributed by atoms with Gasteiger partial charge in [0.2, 0.25) is 0 Å². The van der Waals surface area contributed by atoms with E-state index in [1.165, 1.54) is 0 Å². The lowest BCUT2D eigenvalue weighted by molar-refractivity contribution is 0.0831. The highest BCUT2D eigenvalue weighted by molar-refractivity contribution is 8.03. The Labute approximate surface area is 136 Å². The van der Waals surface area contributed by atoms with Crippen molar-refractivity contribution in [3.63, 3.8) is 0 Å². The third-order valence-electron chi connectivity index (χ3n) is 3.08. The first-order chi connectivity index (χ1) is 10.1. The maximum Gasteiger partial charge on any atom is 0.258 e. The summed E-state index contributed by atoms with van der Waals surface area (Å²) in [6.07, 6.45) is 1.98. The molecule has 0 atom stereocenters. The Balaban J connectivity index is 1.85. The zero-order chi connectivity index (χ0) is 14.8. The molecule has 1 aromatic heterocycles. The molecule has 0 aliphatic carbocycles. The summed E-state index contributed by atoms with van der Waals surface area (Å²) in [5.41, 5.74) is 1.57. The van der Waals surface area contributed by atoms with Crippen LogP contribution in [0, 0.1) is 6.92 Å². The number of amides is 1. The molecule has 0 radical (unpaired) electrons. The summed E-state index contributed by atoms with van der Waals surface area (Å²) in [6, 6.07) is 7.01. The molecule has 21 heavy (non-hydrogen) atoms. The number of carbonyl (C=O) groups is 1. The molecule has 108 valence electrons. The molecule has 6 heteroatoms. The number of hydrogen-bond donors (Lipinski definition) is 0. The maximum atomic E-state index is 12.6. The van der Waals surface area contributed by atoms with E-state index in [4.69, 9.17) is 11.6 Å². The number of aromatic nitrogens is 1. The molecular weight excluding hydrogens is 324 g/mol. The predicted octanol–water partition coefficient (Wildman–Crippen LogP) is 4.29. The zero-order valence-electron chi connectivity index (χ0n) is 11.4. The van der Waals surface area contributed by atoms with Crippen LogP contribution in [0.15, 0.2) is 34.7 Å². The van der Waals surface area contributed by atoms with Crippen molar-refractivity contribution in [3.8, 4) is 0 Å². The fourth-order valence-electron chi connectivity index (χ4n) is 2.07. The van der Waals surface area contributed by atoms with Gasteiger partial charge in [-0.1, -0.05) is 11.6 Å². The number of carbonyl (C=O) groups excluding carboxylic acids is 1. The monoisotopic (exact) mass is 336 g/mol. The lowest BCUT2D eigenvalue weighted by Gasteiger charge is -2.16. The second-order valence-electron chi connectivity index (χ2n) is 4.59. The lowest BCUT2D eigenvalue weighted by atomic mass is 10.2. The molecule has 1 aliphatic rings. The molecule has 2 aromatic rings. The van der Waals surface area contributed by atoms with Crippen molar-refractivity contribution in [2.75, 3.05) is 12.3 Å². The van der Waals surface area contributed by atoms with Gasteiger partial charge in [-0.15, -0.1) is 23.1 Å². The van der Waals surface area contributed by atoms with Gasteiger partial charge in [0.25, 0.3) is 5.91 Å². The summed E-state index contributed by atoms with van der Waals surface area (Å²) in [7, 11) is 0. The normalized spacial score (nSPS) is 16.7. The quantitative estimate of drug-likeness (QED) is 0.820. The van der Waals surface area contributed by atoms with Crippen LogP contribution in [0.25, 0.3) is 6.08 Å². The Morgan fingerprint density at radius 2 is 2.14 bits per heavy atom. The van der Waals surface area contributed by atoms with Crippen LogP contribution in [0.2, 0.25) is 5.02 Å². The van der Waals surface area contributed by atoms with Gasteiger partial charge in [0.05, 0.1) is 15.7 Å². The topological polar surface area (TPSA) is 33.2 Å². The molecule has 1 saturated heterocycles. The molecular formula is C15H13ClN2OS2. The average molecular weight is 337 g/mol. The molecule has 2 heterocycles. The number of thioether (sulfide) groups is 1. The van der Waals surface area contributed by atoms with E-state index in [9.17, 15) is 4.79 Å². The Bertz CT molecular complexity index is 694. The number of nitrogens with zero attached hydrogens (tertiary/aromatic N) is 2. The van der Waals surface area contributed by atoms with Gasteiger partial charge in [0.1, 0.15) is 0 Å². The number of halogens is 1. The molecule has 0 spiro atoms. The Hall–Kier alpha value is -1.30. The number of hydrogen-bond acceptors (Lipinski definition) is 4. The van der Waals surface area contributed by atoms with E-state index in [2.05, 4.69) is 4.98 Å². The van der Waals surface area contributed by atoms with Crippen molar-refractivity contribution in [2.24, 2.45) is 0 Å². The standard InChI is InChI=1S/C15H13ClN2OS2/c1-10-17-13(9-21-10)8-14-18(6-7-20-14)15(19)11-2-4-12(16)5-3-11/h2-5,8-9H,6-7H2,1H3/b14-8+. The van der Waals surface area contributed by atoms with Crippen molar-refractivity contribution in [1.82, 2.24) is 9.88 Å². The Morgan fingerprint density at radius 1 is 1.38 bits per heavy atom. The molecule has 3 rings (SSSR count). The summed E-state index contributed by atoms with van der Waals surface area (Å²) in [5.74, 6) is 0.920. The van der Waals surface area contributed by atoms with Gasteiger partial charge < -0.3 is 4.90 Å². The minimum Gasteiger partial charge on any atom is -0.302 e. The number of aryl methyl sites for hydroxylation is 1. The Kier molecular flexibility index (Phi) is 4.33. The average Bonchev–Trinajstić information content (AvgIpc) is 3.09. The van der Waals surface area contributed by atoms with E-state index in [1.54, 1.807) is 47.4 Å². The van der Waals surface area contributed by atoms with Crippen LogP contribution < -0.4 is 0 Å². The van der Waals surface area contributed by atoms with E-state index < -0.39 is 0 Å². The third-order valence-corrected chi connectivity index (χ3v) is 5.14. The lowest BCUT2D eigenvalue weighted by Crippen LogP contribution is -2.26. The summed E-state index contributed by atoms with van der Waals surface area (Å²) >= 11 is 9.16. The van der Waals surface area contributed by atoms with Gasteiger partial charge in [0.15, 0.2) is 0 Å². The molecule has 1 aliphatic heterocycles. The van der Waals surface area contributed by atoms with E-state index in [0.29, 0.717) is 10.6 Å². The molecule has 1 aromatic carbocycles. The summed E-state index contributed by atoms with van der Waals surface area (Å²) in [5, 5.41) is 4.63. The van der Waals surface area contributed by atoms with Crippen LogP contribution in [-0.2, 0) is 0 Å². The summed E-state index contributed by atoms with van der Waals surface area (Å²) in [6.45, 7) is 2.70. The van der Waals surface area contributed by atoms with Gasteiger partial charge in [-0.05, 0) is 37.3 Å². The molecule has 3 nitrogen and oxygen atoms in total. The van der Waals surface area contributed by atoms with Crippen LogP contribution in [0.1, 0.15) is 21.1 Å². The Morgan fingerprint density at radius 3 is 2.81 bits per heavy atom. The molecule has 0 N–H and O–H groups in total. The first-order valence-electron chi connectivity index (χ1n) is 6.47. The van der Waals surface area contributed by atoms with Crippen molar-refractivity contribution in [1.29, 1.82) is 0 Å². The number of thiazole rings is 1. The molecule has 0 unspecified atom stereocenters. The van der Waals surface area contributed by atoms with E-state index in [1.807, 2.05) is 23.3 Å². The second-order valence-corrected chi connectivity index (χ2v) is 7.20. The van der Waals surface area contributed by atoms with Crippen LogP contribution in [0.5, 0.6) is 0 Å². The SMILES string of the molecule is Cc1nc(/C=C2/SCCN2C(=O)c2ccc(Cl)cc2)cs1. The maximum absolute atomic E-state index is 12.6. The molecule has 0 saturated carbocycles. The van der Waals surface area contributed by atoms with E-state index in [0.717, 1.165) is 28.0 Å². The van der Waals surface area contributed by atoms with Crippen LogP contribution in [0.4, 0.5) is 0 Å². The van der Waals surface area contributed by atoms with E-state index >= 15 is 0 Å². The fourth-order valence-corrected chi connectivity index (χ4v) is 3.79. The largest absolute Gasteiger partial charge is 0.302 e. The number of benzene rings is 1. The fraction of sp³-hybridized carbons (Fsp3) is 0.200. The van der Waals surface area contributed by atoms with Crippen molar-refractivity contribution < 1.29 is 4.79 Å². The van der Waals surface area contributed by atoms with Gasteiger partial charge in [0, 0.05) is 28.3 Å². The van der Waals surface area contributed by atoms with Crippen LogP contribution in [-0.4, -0.2) is 28.1 Å². The van der Waals surface area contributed by atoms with Crippen molar-refractivity contribution in [2.45, 2.75) is 6.92 Å². The smallest absolute Gasteiger partial charge is 0.258 e. The van der Waals surface area contributed by atoms with Crippen LogP contribution in [0.3, 0.4) is 0 Å². The summed E-state index contributed by atoms with van der Waals surface area (Å²) < 4.78 is 0. The molecule has 0 bridgehead atoms. The molecule has 1 fully saturated rings. The zero-order valence-corrected chi connectivity index (χ0v) is 13.8. The highest BCUT2D eigenvalue weighted by Gasteiger charge is 2.25. The van der Waals surface area contributed by atoms with Crippen molar-refractivity contribution >= 4 is 46.7 Å².